The molecule has 0 aromatic heterocycles. The van der Waals surface area contributed by atoms with Gasteiger partial charge in [0.1, 0.15) is 0 Å². The Labute approximate surface area is 101 Å². The van der Waals surface area contributed by atoms with Gasteiger partial charge in [0.15, 0.2) is 0 Å². The van der Waals surface area contributed by atoms with E-state index in [-0.39, 0.29) is 0 Å². The van der Waals surface area contributed by atoms with E-state index < -0.39 is 0 Å². The van der Waals surface area contributed by atoms with Gasteiger partial charge in [-0.15, -0.1) is 0 Å². The highest BCUT2D eigenvalue weighted by Crippen LogP contribution is 2.21. The summed E-state index contributed by atoms with van der Waals surface area (Å²) in [5, 5.41) is 0. The zero-order valence-electron chi connectivity index (χ0n) is 10.4. The van der Waals surface area contributed by atoms with E-state index in [1.807, 2.05) is 0 Å². The Morgan fingerprint density at radius 3 is 2.20 bits per heavy atom. The number of likely N-dealkylation sites (tertiary alicyclic amines) is 1. The van der Waals surface area contributed by atoms with E-state index in [2.05, 4.69) is 31.4 Å². The number of nitrogens with zero attached hydrogens (tertiary/aromatic N) is 1. The highest BCUT2D eigenvalue weighted by molar-refractivity contribution is 7.80. The second-order valence-electron chi connectivity index (χ2n) is 5.34. The maximum Gasteiger partial charge on any atom is 0.000724 e. The monoisotopic (exact) mass is 229 g/mol. The first-order valence-corrected chi connectivity index (χ1v) is 7.19. The van der Waals surface area contributed by atoms with Crippen LogP contribution in [-0.2, 0) is 0 Å². The van der Waals surface area contributed by atoms with Crippen LogP contribution < -0.4 is 0 Å². The van der Waals surface area contributed by atoms with E-state index in [4.69, 9.17) is 0 Å². The molecule has 1 saturated heterocycles. The molecule has 1 aliphatic rings. The van der Waals surface area contributed by atoms with Gasteiger partial charge in [0.2, 0.25) is 0 Å². The van der Waals surface area contributed by atoms with Crippen LogP contribution >= 0.6 is 12.6 Å². The summed E-state index contributed by atoms with van der Waals surface area (Å²) in [7, 11) is 0. The van der Waals surface area contributed by atoms with E-state index in [1.165, 1.54) is 51.7 Å². The first kappa shape index (κ1) is 13.4. The van der Waals surface area contributed by atoms with Gasteiger partial charge >= 0.3 is 0 Å². The average molecular weight is 229 g/mol. The third-order valence-corrected chi connectivity index (χ3v) is 3.64. The van der Waals surface area contributed by atoms with E-state index in [0.29, 0.717) is 0 Å². The molecule has 1 aliphatic heterocycles. The molecule has 0 amide bonds. The van der Waals surface area contributed by atoms with Crippen LogP contribution in [0.2, 0.25) is 0 Å². The molecule has 0 bridgehead atoms. The largest absolute Gasteiger partial charge is 0.303 e. The van der Waals surface area contributed by atoms with Crippen molar-refractivity contribution in [3.8, 4) is 0 Å². The first-order valence-electron chi connectivity index (χ1n) is 6.55. The zero-order valence-corrected chi connectivity index (χ0v) is 11.3. The number of thiol groups is 1. The summed E-state index contributed by atoms with van der Waals surface area (Å²) < 4.78 is 0. The Morgan fingerprint density at radius 2 is 1.60 bits per heavy atom. The van der Waals surface area contributed by atoms with Crippen LogP contribution in [0.25, 0.3) is 0 Å². The molecule has 0 aliphatic carbocycles. The predicted octanol–water partition coefficient (Wildman–Crippen LogP) is 3.45. The molecule has 1 fully saturated rings. The molecule has 2 atom stereocenters. The topological polar surface area (TPSA) is 3.24 Å². The van der Waals surface area contributed by atoms with Gasteiger partial charge in [-0.1, -0.05) is 26.7 Å². The lowest BCUT2D eigenvalue weighted by molar-refractivity contribution is 0.139. The molecule has 1 heterocycles. The van der Waals surface area contributed by atoms with Gasteiger partial charge in [-0.25, -0.2) is 0 Å². The predicted molar refractivity (Wildman–Crippen MR) is 71.7 cm³/mol. The van der Waals surface area contributed by atoms with Crippen molar-refractivity contribution in [3.63, 3.8) is 0 Å². The fourth-order valence-electron chi connectivity index (χ4n) is 2.78. The van der Waals surface area contributed by atoms with Crippen molar-refractivity contribution in [2.75, 3.05) is 25.4 Å². The lowest BCUT2D eigenvalue weighted by Crippen LogP contribution is -2.39. The molecule has 0 radical (unpaired) electrons. The van der Waals surface area contributed by atoms with Crippen molar-refractivity contribution in [2.24, 2.45) is 11.8 Å². The Bertz CT molecular complexity index is 151. The Kier molecular flexibility index (Phi) is 6.74. The van der Waals surface area contributed by atoms with Crippen LogP contribution in [0.1, 0.15) is 46.0 Å². The van der Waals surface area contributed by atoms with Crippen molar-refractivity contribution in [3.05, 3.63) is 0 Å². The van der Waals surface area contributed by atoms with Crippen LogP contribution in [0.4, 0.5) is 0 Å². The fraction of sp³-hybridized carbons (Fsp3) is 1.00. The van der Waals surface area contributed by atoms with E-state index in [0.717, 1.165) is 17.6 Å². The molecule has 1 rings (SSSR count). The number of piperidine rings is 1. The second kappa shape index (κ2) is 7.56. The summed E-state index contributed by atoms with van der Waals surface area (Å²) in [6.45, 7) is 8.77. The maximum atomic E-state index is 4.24. The number of hydrogen-bond acceptors (Lipinski definition) is 2. The van der Waals surface area contributed by atoms with Gasteiger partial charge in [-0.05, 0) is 43.4 Å². The van der Waals surface area contributed by atoms with Crippen LogP contribution in [0.15, 0.2) is 0 Å². The number of unbranched alkanes of at least 4 members (excludes halogenated alkanes) is 3. The molecular weight excluding hydrogens is 202 g/mol. The molecule has 0 aromatic carbocycles. The number of rotatable bonds is 6. The van der Waals surface area contributed by atoms with Crippen LogP contribution in [-0.4, -0.2) is 30.3 Å². The van der Waals surface area contributed by atoms with E-state index in [9.17, 15) is 0 Å². The molecule has 2 unspecified atom stereocenters. The van der Waals surface area contributed by atoms with Gasteiger partial charge < -0.3 is 4.90 Å². The molecule has 15 heavy (non-hydrogen) atoms. The molecule has 0 aromatic rings. The fourth-order valence-corrected chi connectivity index (χ4v) is 3.00. The summed E-state index contributed by atoms with van der Waals surface area (Å²) in [5.41, 5.74) is 0. The van der Waals surface area contributed by atoms with Gasteiger partial charge in [0.25, 0.3) is 0 Å². The third-order valence-electron chi connectivity index (χ3n) is 3.33. The molecule has 1 nitrogen and oxygen atoms in total. The van der Waals surface area contributed by atoms with E-state index >= 15 is 0 Å². The minimum atomic E-state index is 0.909. The van der Waals surface area contributed by atoms with Crippen molar-refractivity contribution >= 4 is 12.6 Å². The summed E-state index contributed by atoms with van der Waals surface area (Å²) in [6.07, 6.45) is 6.85. The van der Waals surface area contributed by atoms with Crippen molar-refractivity contribution < 1.29 is 0 Å². The molecule has 0 N–H and O–H groups in total. The second-order valence-corrected chi connectivity index (χ2v) is 5.79. The van der Waals surface area contributed by atoms with Crippen LogP contribution in [0.5, 0.6) is 0 Å². The first-order chi connectivity index (χ1) is 7.22. The highest BCUT2D eigenvalue weighted by Gasteiger charge is 2.20. The summed E-state index contributed by atoms with van der Waals surface area (Å²) in [4.78, 5) is 2.67. The number of hydrogen-bond donors (Lipinski definition) is 1. The van der Waals surface area contributed by atoms with Crippen molar-refractivity contribution in [1.29, 1.82) is 0 Å². The van der Waals surface area contributed by atoms with E-state index in [1.54, 1.807) is 0 Å². The minimum absolute atomic E-state index is 0.909. The lowest BCUT2D eigenvalue weighted by atomic mass is 9.92. The summed E-state index contributed by atoms with van der Waals surface area (Å²) >= 11 is 4.24. The van der Waals surface area contributed by atoms with Gasteiger partial charge in [-0.2, -0.15) is 12.6 Å². The molecule has 2 heteroatoms. The minimum Gasteiger partial charge on any atom is -0.303 e. The lowest BCUT2D eigenvalue weighted by Gasteiger charge is -2.34. The Morgan fingerprint density at radius 1 is 1.00 bits per heavy atom. The smallest absolute Gasteiger partial charge is 0.000724 e. The van der Waals surface area contributed by atoms with Gasteiger partial charge in [-0.3, -0.25) is 0 Å². The quantitative estimate of drug-likeness (QED) is 0.539. The standard InChI is InChI=1S/C13H27NS/c1-12-9-13(2)11-14(10-12)7-5-3-4-6-8-15/h12-13,15H,3-11H2,1-2H3. The summed E-state index contributed by atoms with van der Waals surface area (Å²) in [6, 6.07) is 0. The summed E-state index contributed by atoms with van der Waals surface area (Å²) in [5.74, 6) is 2.87. The molecule has 90 valence electrons. The van der Waals surface area contributed by atoms with Crippen LogP contribution in [0.3, 0.4) is 0 Å². The van der Waals surface area contributed by atoms with Crippen molar-refractivity contribution in [1.82, 2.24) is 4.90 Å². The maximum absolute atomic E-state index is 4.24. The zero-order chi connectivity index (χ0) is 11.1. The van der Waals surface area contributed by atoms with Crippen LogP contribution in [0, 0.1) is 11.8 Å². The molecule has 0 spiro atoms. The molecular formula is C13H27NS. The normalized spacial score (nSPS) is 28.2. The highest BCUT2D eigenvalue weighted by atomic mass is 32.1. The molecule has 0 saturated carbocycles. The SMILES string of the molecule is CC1CC(C)CN(CCCCCCS)C1. The Balaban J connectivity index is 2.04. The Hall–Kier alpha value is 0.310. The average Bonchev–Trinajstić information content (AvgIpc) is 2.16. The van der Waals surface area contributed by atoms with Gasteiger partial charge in [0, 0.05) is 13.1 Å². The van der Waals surface area contributed by atoms with Crippen molar-refractivity contribution in [2.45, 2.75) is 46.0 Å². The third kappa shape index (κ3) is 5.82. The van der Waals surface area contributed by atoms with Gasteiger partial charge in [0.05, 0.1) is 0 Å².